The third kappa shape index (κ3) is 3.32. The van der Waals surface area contributed by atoms with Crippen molar-refractivity contribution in [1.82, 2.24) is 4.57 Å². The van der Waals surface area contributed by atoms with Gasteiger partial charge >= 0.3 is 0 Å². The molecule has 0 radical (unpaired) electrons. The summed E-state index contributed by atoms with van der Waals surface area (Å²) in [5.41, 5.74) is 9.30. The molecule has 2 aromatic carbocycles. The molecule has 0 saturated heterocycles. The van der Waals surface area contributed by atoms with E-state index in [2.05, 4.69) is 104 Å². The van der Waals surface area contributed by atoms with E-state index in [0.29, 0.717) is 6.04 Å². The van der Waals surface area contributed by atoms with E-state index < -0.39 is 0 Å². The summed E-state index contributed by atoms with van der Waals surface area (Å²) in [7, 11) is 2.22. The molecule has 0 spiro atoms. The summed E-state index contributed by atoms with van der Waals surface area (Å²) in [5.74, 6) is 0. The number of anilines is 1. The molecule has 1 aliphatic heterocycles. The van der Waals surface area contributed by atoms with Gasteiger partial charge in [-0.3, -0.25) is 0 Å². The number of para-hydroxylation sites is 1. The molecular weight excluding hydrogens is 328 g/mol. The standard InChI is InChI=1S/C25H28N2/c1-18-10-15-25-22(16-18)12-14-23(26(25)4)13-11-21-17-19(2)27(20(21)3)24-8-6-5-7-9-24/h5-11,13,15-17,23H,12,14H2,1-4H3/b13-11+. The normalized spacial score (nSPS) is 16.7. The molecule has 1 unspecified atom stereocenters. The van der Waals surface area contributed by atoms with Gasteiger partial charge in [0.1, 0.15) is 0 Å². The molecule has 1 atom stereocenters. The fraction of sp³-hybridized carbons (Fsp3) is 0.280. The molecule has 0 aliphatic carbocycles. The average molecular weight is 357 g/mol. The molecule has 4 rings (SSSR count). The maximum Gasteiger partial charge on any atom is 0.0476 e. The Hall–Kier alpha value is -2.74. The molecule has 138 valence electrons. The van der Waals surface area contributed by atoms with Gasteiger partial charge in [-0.05, 0) is 69.0 Å². The lowest BCUT2D eigenvalue weighted by molar-refractivity contribution is 0.646. The van der Waals surface area contributed by atoms with Gasteiger partial charge < -0.3 is 9.47 Å². The minimum atomic E-state index is 0.444. The lowest BCUT2D eigenvalue weighted by atomic mass is 9.94. The van der Waals surface area contributed by atoms with Crippen LogP contribution in [0, 0.1) is 20.8 Å². The fourth-order valence-electron chi connectivity index (χ4n) is 4.31. The van der Waals surface area contributed by atoms with Crippen molar-refractivity contribution < 1.29 is 0 Å². The van der Waals surface area contributed by atoms with Gasteiger partial charge in [0.15, 0.2) is 0 Å². The molecule has 2 heteroatoms. The largest absolute Gasteiger partial charge is 0.368 e. The van der Waals surface area contributed by atoms with Gasteiger partial charge in [-0.15, -0.1) is 0 Å². The Bertz CT molecular complexity index is 979. The van der Waals surface area contributed by atoms with E-state index in [0.717, 1.165) is 6.42 Å². The van der Waals surface area contributed by atoms with Crippen molar-refractivity contribution in [3.05, 3.63) is 88.8 Å². The Morgan fingerprint density at radius 2 is 1.74 bits per heavy atom. The highest BCUT2D eigenvalue weighted by Crippen LogP contribution is 2.31. The minimum absolute atomic E-state index is 0.444. The van der Waals surface area contributed by atoms with Crippen molar-refractivity contribution in [1.29, 1.82) is 0 Å². The molecule has 2 nitrogen and oxygen atoms in total. The number of hydrogen-bond donors (Lipinski definition) is 0. The predicted molar refractivity (Wildman–Crippen MR) is 116 cm³/mol. The van der Waals surface area contributed by atoms with Gasteiger partial charge in [-0.1, -0.05) is 48.0 Å². The fourth-order valence-corrected chi connectivity index (χ4v) is 4.31. The van der Waals surface area contributed by atoms with Crippen LogP contribution in [0.15, 0.2) is 60.7 Å². The molecule has 0 saturated carbocycles. The van der Waals surface area contributed by atoms with Crippen LogP contribution >= 0.6 is 0 Å². The van der Waals surface area contributed by atoms with E-state index in [-0.39, 0.29) is 0 Å². The van der Waals surface area contributed by atoms with E-state index in [1.54, 1.807) is 0 Å². The quantitative estimate of drug-likeness (QED) is 0.570. The topological polar surface area (TPSA) is 8.17 Å². The molecule has 27 heavy (non-hydrogen) atoms. The van der Waals surface area contributed by atoms with Crippen molar-refractivity contribution in [3.8, 4) is 5.69 Å². The van der Waals surface area contributed by atoms with Crippen LogP contribution in [0.3, 0.4) is 0 Å². The monoisotopic (exact) mass is 356 g/mol. The van der Waals surface area contributed by atoms with Gasteiger partial charge in [-0.2, -0.15) is 0 Å². The third-order valence-electron chi connectivity index (χ3n) is 5.80. The first-order chi connectivity index (χ1) is 13.0. The zero-order valence-electron chi connectivity index (χ0n) is 16.7. The summed E-state index contributed by atoms with van der Waals surface area (Å²) in [5, 5.41) is 0. The smallest absolute Gasteiger partial charge is 0.0476 e. The number of rotatable bonds is 3. The summed E-state index contributed by atoms with van der Waals surface area (Å²) in [4.78, 5) is 2.42. The van der Waals surface area contributed by atoms with Crippen LogP contribution in [0.25, 0.3) is 11.8 Å². The van der Waals surface area contributed by atoms with Gasteiger partial charge in [-0.25, -0.2) is 0 Å². The maximum atomic E-state index is 2.42. The number of hydrogen-bond acceptors (Lipinski definition) is 1. The van der Waals surface area contributed by atoms with Crippen LogP contribution < -0.4 is 4.90 Å². The second-order valence-corrected chi connectivity index (χ2v) is 7.71. The van der Waals surface area contributed by atoms with Crippen molar-refractivity contribution in [2.75, 3.05) is 11.9 Å². The second-order valence-electron chi connectivity index (χ2n) is 7.71. The van der Waals surface area contributed by atoms with Crippen molar-refractivity contribution in [3.63, 3.8) is 0 Å². The van der Waals surface area contributed by atoms with Crippen LogP contribution in [0.4, 0.5) is 5.69 Å². The third-order valence-corrected chi connectivity index (χ3v) is 5.80. The van der Waals surface area contributed by atoms with Gasteiger partial charge in [0.25, 0.3) is 0 Å². The Morgan fingerprint density at radius 1 is 0.963 bits per heavy atom. The summed E-state index contributed by atoms with van der Waals surface area (Å²) in [6, 6.07) is 20.2. The molecule has 3 aromatic rings. The molecule has 0 amide bonds. The summed E-state index contributed by atoms with van der Waals surface area (Å²) in [6.07, 6.45) is 7.00. The van der Waals surface area contributed by atoms with E-state index in [1.807, 2.05) is 0 Å². The SMILES string of the molecule is Cc1ccc2c(c1)CCC(/C=C/c1cc(C)n(-c3ccccc3)c1C)N2C. The van der Waals surface area contributed by atoms with E-state index in [4.69, 9.17) is 0 Å². The highest BCUT2D eigenvalue weighted by atomic mass is 15.1. The first-order valence-corrected chi connectivity index (χ1v) is 9.79. The number of fused-ring (bicyclic) bond motifs is 1. The minimum Gasteiger partial charge on any atom is -0.368 e. The molecule has 1 aromatic heterocycles. The molecule has 1 aliphatic rings. The van der Waals surface area contributed by atoms with Crippen LogP contribution in [0.1, 0.15) is 34.5 Å². The number of nitrogens with zero attached hydrogens (tertiary/aromatic N) is 2. The van der Waals surface area contributed by atoms with Gasteiger partial charge in [0.2, 0.25) is 0 Å². The van der Waals surface area contributed by atoms with Crippen molar-refractivity contribution in [2.45, 2.75) is 39.7 Å². The molecule has 0 fully saturated rings. The van der Waals surface area contributed by atoms with Crippen molar-refractivity contribution >= 4 is 11.8 Å². The van der Waals surface area contributed by atoms with E-state index in [9.17, 15) is 0 Å². The van der Waals surface area contributed by atoms with Gasteiger partial charge in [0, 0.05) is 35.9 Å². The van der Waals surface area contributed by atoms with Crippen LogP contribution in [0.5, 0.6) is 0 Å². The second kappa shape index (κ2) is 7.11. The zero-order valence-corrected chi connectivity index (χ0v) is 16.7. The maximum absolute atomic E-state index is 2.42. The number of aromatic nitrogens is 1. The van der Waals surface area contributed by atoms with Gasteiger partial charge in [0.05, 0.1) is 0 Å². The molecule has 0 N–H and O–H groups in total. The van der Waals surface area contributed by atoms with Crippen LogP contribution in [-0.4, -0.2) is 17.7 Å². The number of aryl methyl sites for hydroxylation is 3. The lowest BCUT2D eigenvalue weighted by Gasteiger charge is -2.34. The summed E-state index contributed by atoms with van der Waals surface area (Å²) < 4.78 is 2.34. The highest BCUT2D eigenvalue weighted by Gasteiger charge is 2.21. The lowest BCUT2D eigenvalue weighted by Crippen LogP contribution is -2.34. The first kappa shape index (κ1) is 17.7. The van der Waals surface area contributed by atoms with E-state index >= 15 is 0 Å². The predicted octanol–water partition coefficient (Wildman–Crippen LogP) is 5.87. The Balaban J connectivity index is 1.60. The average Bonchev–Trinajstić information content (AvgIpc) is 2.95. The van der Waals surface area contributed by atoms with Crippen molar-refractivity contribution in [2.24, 2.45) is 0 Å². The highest BCUT2D eigenvalue weighted by molar-refractivity contribution is 5.61. The number of likely N-dealkylation sites (N-methyl/N-ethyl adjacent to an activating group) is 1. The number of benzene rings is 2. The van der Waals surface area contributed by atoms with Crippen LogP contribution in [-0.2, 0) is 6.42 Å². The Labute approximate surface area is 162 Å². The zero-order chi connectivity index (χ0) is 19.0. The first-order valence-electron chi connectivity index (χ1n) is 9.79. The molecule has 2 heterocycles. The molecular formula is C25H28N2. The molecule has 0 bridgehead atoms. The van der Waals surface area contributed by atoms with E-state index in [1.165, 1.54) is 45.9 Å². The van der Waals surface area contributed by atoms with Crippen LogP contribution in [0.2, 0.25) is 0 Å². The Morgan fingerprint density at radius 3 is 2.52 bits per heavy atom. The summed E-state index contributed by atoms with van der Waals surface area (Å²) >= 11 is 0. The Kier molecular flexibility index (Phi) is 4.65. The summed E-state index contributed by atoms with van der Waals surface area (Å²) in [6.45, 7) is 6.57.